The molecule has 3 aromatic heterocycles. The Bertz CT molecular complexity index is 897. The van der Waals surface area contributed by atoms with Crippen LogP contribution in [0.2, 0.25) is 0 Å². The highest BCUT2D eigenvalue weighted by molar-refractivity contribution is 5.77. The van der Waals surface area contributed by atoms with Gasteiger partial charge in [-0.2, -0.15) is 0 Å². The molecule has 0 aliphatic carbocycles. The number of nitrogens with two attached hydrogens (primary N) is 1. The van der Waals surface area contributed by atoms with Crippen molar-refractivity contribution in [3.63, 3.8) is 0 Å². The number of fused-ring (bicyclic) bond motifs is 1. The average Bonchev–Trinajstić information content (AvgIpc) is 2.82. The Morgan fingerprint density at radius 1 is 1.32 bits per heavy atom. The summed E-state index contributed by atoms with van der Waals surface area (Å²) in [6.45, 7) is 5.69. The van der Waals surface area contributed by atoms with Crippen LogP contribution in [-0.4, -0.2) is 19.9 Å². The molecule has 0 saturated heterocycles. The highest BCUT2D eigenvalue weighted by Crippen LogP contribution is 2.36. The number of aryl methyl sites for hydroxylation is 1. The lowest BCUT2D eigenvalue weighted by atomic mass is 10.0. The molecule has 0 aromatic carbocycles. The summed E-state index contributed by atoms with van der Waals surface area (Å²) >= 11 is 0. The maximum Gasteiger partial charge on any atom is 0.418 e. The van der Waals surface area contributed by atoms with Crippen molar-refractivity contribution in [2.24, 2.45) is 0 Å². The van der Waals surface area contributed by atoms with E-state index in [1.807, 2.05) is 13.8 Å². The largest absolute Gasteiger partial charge is 0.447 e. The van der Waals surface area contributed by atoms with Crippen LogP contribution < -0.4 is 16.2 Å². The molecule has 0 atom stereocenters. The molecule has 0 spiro atoms. The maximum absolute atomic E-state index is 11.4. The molecule has 0 radical (unpaired) electrons. The molecule has 0 saturated carbocycles. The number of pyridine rings is 1. The molecule has 3 N–H and O–H groups in total. The predicted octanol–water partition coefficient (Wildman–Crippen LogP) is 2.11. The number of ether oxygens (including phenoxy) is 1. The minimum atomic E-state index is -0.596. The molecule has 8 nitrogen and oxygen atoms in total. The van der Waals surface area contributed by atoms with E-state index in [9.17, 15) is 4.79 Å². The summed E-state index contributed by atoms with van der Waals surface area (Å²) in [6.07, 6.45) is 3.12. The third kappa shape index (κ3) is 2.39. The summed E-state index contributed by atoms with van der Waals surface area (Å²) in [4.78, 5) is 26.2. The van der Waals surface area contributed by atoms with Crippen molar-refractivity contribution >= 4 is 17.0 Å². The molecule has 0 fully saturated rings. The number of oxazole rings is 1. The summed E-state index contributed by atoms with van der Waals surface area (Å²) in [5.74, 6) is 0.953. The molecule has 0 bridgehead atoms. The van der Waals surface area contributed by atoms with Gasteiger partial charge in [-0.3, -0.25) is 4.98 Å². The number of nitrogen functional groups attached to an aromatic ring is 1. The van der Waals surface area contributed by atoms with Crippen LogP contribution in [0, 0.1) is 6.92 Å². The van der Waals surface area contributed by atoms with Crippen molar-refractivity contribution in [2.45, 2.75) is 26.7 Å². The molecule has 22 heavy (non-hydrogen) atoms. The topological polar surface area (TPSA) is 120 Å². The molecular formula is C14H15N5O3. The van der Waals surface area contributed by atoms with Crippen molar-refractivity contribution in [2.75, 3.05) is 5.73 Å². The van der Waals surface area contributed by atoms with Gasteiger partial charge in [0.05, 0.1) is 6.20 Å². The minimum absolute atomic E-state index is 0.111. The number of hydrogen-bond donors (Lipinski definition) is 2. The van der Waals surface area contributed by atoms with Crippen LogP contribution in [0.1, 0.15) is 31.2 Å². The minimum Gasteiger partial charge on any atom is -0.447 e. The van der Waals surface area contributed by atoms with Gasteiger partial charge in [-0.05, 0) is 12.8 Å². The van der Waals surface area contributed by atoms with Crippen LogP contribution in [0.3, 0.4) is 0 Å². The number of aromatic nitrogens is 4. The van der Waals surface area contributed by atoms with Crippen LogP contribution in [0.25, 0.3) is 11.2 Å². The highest BCUT2D eigenvalue weighted by atomic mass is 16.5. The Morgan fingerprint density at radius 3 is 2.77 bits per heavy atom. The second-order valence-electron chi connectivity index (χ2n) is 5.16. The summed E-state index contributed by atoms with van der Waals surface area (Å²) < 4.78 is 11.0. The van der Waals surface area contributed by atoms with Crippen molar-refractivity contribution in [3.05, 3.63) is 34.3 Å². The highest BCUT2D eigenvalue weighted by Gasteiger charge is 2.19. The third-order valence-electron chi connectivity index (χ3n) is 3.17. The number of nitrogens with zero attached hydrogens (tertiary/aromatic N) is 3. The van der Waals surface area contributed by atoms with Crippen LogP contribution in [-0.2, 0) is 0 Å². The van der Waals surface area contributed by atoms with E-state index in [4.69, 9.17) is 14.9 Å². The van der Waals surface area contributed by atoms with E-state index in [1.54, 1.807) is 13.1 Å². The summed E-state index contributed by atoms with van der Waals surface area (Å²) in [5, 5.41) is 0. The van der Waals surface area contributed by atoms with Gasteiger partial charge in [-0.15, -0.1) is 0 Å². The second kappa shape index (κ2) is 5.14. The SMILES string of the molecule is Cc1ncc(Oc2c(C(C)C)cnc3[nH]c(=O)oc23)c(N)n1. The molecular weight excluding hydrogens is 286 g/mol. The van der Waals surface area contributed by atoms with E-state index in [-0.39, 0.29) is 17.3 Å². The van der Waals surface area contributed by atoms with E-state index in [0.29, 0.717) is 23.0 Å². The van der Waals surface area contributed by atoms with Gasteiger partial charge >= 0.3 is 5.76 Å². The molecule has 3 rings (SSSR count). The molecule has 114 valence electrons. The lowest BCUT2D eigenvalue weighted by Gasteiger charge is -2.13. The van der Waals surface area contributed by atoms with Crippen molar-refractivity contribution in [1.29, 1.82) is 0 Å². The molecule has 0 amide bonds. The Hall–Kier alpha value is -2.90. The van der Waals surface area contributed by atoms with Gasteiger partial charge in [0.25, 0.3) is 0 Å². The van der Waals surface area contributed by atoms with Gasteiger partial charge in [-0.25, -0.2) is 19.7 Å². The Labute approximate surface area is 125 Å². The van der Waals surface area contributed by atoms with Gasteiger partial charge in [-0.1, -0.05) is 13.8 Å². The Morgan fingerprint density at radius 2 is 2.09 bits per heavy atom. The zero-order valence-corrected chi connectivity index (χ0v) is 12.4. The number of anilines is 1. The molecule has 3 heterocycles. The molecule has 0 aliphatic rings. The normalized spacial score (nSPS) is 11.3. The van der Waals surface area contributed by atoms with Gasteiger partial charge in [0.15, 0.2) is 23.0 Å². The predicted molar refractivity (Wildman–Crippen MR) is 80.0 cm³/mol. The first-order valence-electron chi connectivity index (χ1n) is 6.74. The van der Waals surface area contributed by atoms with E-state index in [1.165, 1.54) is 6.20 Å². The van der Waals surface area contributed by atoms with Crippen molar-refractivity contribution in [1.82, 2.24) is 19.9 Å². The van der Waals surface area contributed by atoms with E-state index < -0.39 is 5.76 Å². The lowest BCUT2D eigenvalue weighted by Crippen LogP contribution is -2.01. The van der Waals surface area contributed by atoms with Gasteiger partial charge in [0, 0.05) is 11.8 Å². The fourth-order valence-electron chi connectivity index (χ4n) is 2.07. The number of H-pyrrole nitrogens is 1. The van der Waals surface area contributed by atoms with Crippen LogP contribution in [0.4, 0.5) is 5.82 Å². The van der Waals surface area contributed by atoms with Crippen LogP contribution >= 0.6 is 0 Å². The van der Waals surface area contributed by atoms with E-state index >= 15 is 0 Å². The number of rotatable bonds is 3. The number of aromatic amines is 1. The first kappa shape index (κ1) is 14.1. The third-order valence-corrected chi connectivity index (χ3v) is 3.17. The number of nitrogens with one attached hydrogen (secondary N) is 1. The zero-order valence-electron chi connectivity index (χ0n) is 12.4. The molecule has 8 heteroatoms. The smallest absolute Gasteiger partial charge is 0.418 e. The van der Waals surface area contributed by atoms with E-state index in [2.05, 4.69) is 19.9 Å². The summed E-state index contributed by atoms with van der Waals surface area (Å²) in [5.41, 5.74) is 7.20. The fraction of sp³-hybridized carbons (Fsp3) is 0.286. The average molecular weight is 301 g/mol. The van der Waals surface area contributed by atoms with Gasteiger partial charge in [0.2, 0.25) is 5.58 Å². The maximum atomic E-state index is 11.4. The van der Waals surface area contributed by atoms with E-state index in [0.717, 1.165) is 5.56 Å². The Balaban J connectivity index is 2.19. The van der Waals surface area contributed by atoms with Crippen LogP contribution in [0.15, 0.2) is 21.6 Å². The Kier molecular flexibility index (Phi) is 3.28. The van der Waals surface area contributed by atoms with Gasteiger partial charge < -0.3 is 14.9 Å². The van der Waals surface area contributed by atoms with Crippen LogP contribution in [0.5, 0.6) is 11.5 Å². The fourth-order valence-corrected chi connectivity index (χ4v) is 2.07. The molecule has 0 unspecified atom stereocenters. The monoisotopic (exact) mass is 301 g/mol. The van der Waals surface area contributed by atoms with Crippen molar-refractivity contribution < 1.29 is 9.15 Å². The second-order valence-corrected chi connectivity index (χ2v) is 5.16. The lowest BCUT2D eigenvalue weighted by molar-refractivity contribution is 0.455. The number of hydrogen-bond acceptors (Lipinski definition) is 7. The standard InChI is InChI=1S/C14H15N5O3/c1-6(2)8-4-17-13-11(22-14(20)19-13)10(8)21-9-5-16-7(3)18-12(9)15/h4-6H,1-3H3,(H2,15,16,18)(H,17,19,20). The summed E-state index contributed by atoms with van der Waals surface area (Å²) in [7, 11) is 0. The molecule has 3 aromatic rings. The van der Waals surface area contributed by atoms with Crippen molar-refractivity contribution in [3.8, 4) is 11.5 Å². The first-order valence-corrected chi connectivity index (χ1v) is 6.74. The summed E-state index contributed by atoms with van der Waals surface area (Å²) in [6, 6.07) is 0. The first-order chi connectivity index (χ1) is 10.5. The molecule has 0 aliphatic heterocycles. The zero-order chi connectivity index (χ0) is 15.9. The van der Waals surface area contributed by atoms with Gasteiger partial charge in [0.1, 0.15) is 5.82 Å². The quantitative estimate of drug-likeness (QED) is 0.760.